The Morgan fingerprint density at radius 2 is 1.90 bits per heavy atom. The number of aromatic nitrogens is 2. The lowest BCUT2D eigenvalue weighted by atomic mass is 9.95. The molecule has 0 aliphatic rings. The van der Waals surface area contributed by atoms with Crippen molar-refractivity contribution in [1.82, 2.24) is 9.97 Å². The summed E-state index contributed by atoms with van der Waals surface area (Å²) in [6.07, 6.45) is 1.98. The third kappa shape index (κ3) is 4.49. The van der Waals surface area contributed by atoms with Crippen LogP contribution in [-0.4, -0.2) is 15.5 Å². The Kier molecular flexibility index (Phi) is 4.60. The first kappa shape index (κ1) is 14.8. The van der Waals surface area contributed by atoms with E-state index in [0.717, 1.165) is 12.8 Å². The fourth-order valence-electron chi connectivity index (χ4n) is 1.96. The molecule has 0 amide bonds. The minimum absolute atomic E-state index is 0.108. The van der Waals surface area contributed by atoms with Crippen LogP contribution >= 0.6 is 15.9 Å². The van der Waals surface area contributed by atoms with Gasteiger partial charge in [0.15, 0.2) is 0 Å². The Hall–Kier alpha value is -1.62. The first-order chi connectivity index (χ1) is 9.44. The molecule has 0 unspecified atom stereocenters. The molecule has 0 aliphatic carbocycles. The summed E-state index contributed by atoms with van der Waals surface area (Å²) in [5, 5.41) is 3.34. The van der Waals surface area contributed by atoms with Crippen LogP contribution in [0.2, 0.25) is 0 Å². The molecule has 1 aromatic carbocycles. The van der Waals surface area contributed by atoms with E-state index >= 15 is 0 Å². The van der Waals surface area contributed by atoms with Gasteiger partial charge in [0.05, 0.1) is 0 Å². The van der Waals surface area contributed by atoms with E-state index in [4.69, 9.17) is 5.73 Å². The van der Waals surface area contributed by atoms with Gasteiger partial charge < -0.3 is 11.1 Å². The standard InChI is InChI=1S/C15H19BrN4/c1-15(2,9-8-11-6-4-3-5-7-11)20-14-18-12(16)10-13(17)19-14/h3-7,10H,8-9H2,1-2H3,(H3,17,18,19,20). The van der Waals surface area contributed by atoms with Gasteiger partial charge in [-0.15, -0.1) is 0 Å². The maximum Gasteiger partial charge on any atom is 0.226 e. The molecule has 20 heavy (non-hydrogen) atoms. The summed E-state index contributed by atoms with van der Waals surface area (Å²) < 4.78 is 0.686. The number of nitrogens with zero attached hydrogens (tertiary/aromatic N) is 2. The molecule has 106 valence electrons. The van der Waals surface area contributed by atoms with Crippen molar-refractivity contribution in [1.29, 1.82) is 0 Å². The van der Waals surface area contributed by atoms with E-state index in [-0.39, 0.29) is 5.54 Å². The molecule has 1 aromatic heterocycles. The number of benzene rings is 1. The number of nitrogen functional groups attached to an aromatic ring is 1. The SMILES string of the molecule is CC(C)(CCc1ccccc1)Nc1nc(N)cc(Br)n1. The Labute approximate surface area is 128 Å². The van der Waals surface area contributed by atoms with Gasteiger partial charge in [-0.05, 0) is 48.2 Å². The number of hydrogen-bond donors (Lipinski definition) is 2. The number of hydrogen-bond acceptors (Lipinski definition) is 4. The smallest absolute Gasteiger partial charge is 0.226 e. The summed E-state index contributed by atoms with van der Waals surface area (Å²) in [4.78, 5) is 8.49. The third-order valence-corrected chi connectivity index (χ3v) is 3.45. The zero-order valence-corrected chi connectivity index (χ0v) is 13.3. The van der Waals surface area contributed by atoms with Crippen LogP contribution in [0.3, 0.4) is 0 Å². The Morgan fingerprint density at radius 1 is 1.20 bits per heavy atom. The van der Waals surface area contributed by atoms with Gasteiger partial charge in [0.25, 0.3) is 0 Å². The van der Waals surface area contributed by atoms with Gasteiger partial charge in [-0.2, -0.15) is 4.98 Å². The molecule has 0 bridgehead atoms. The summed E-state index contributed by atoms with van der Waals surface area (Å²) in [6.45, 7) is 4.27. The highest BCUT2D eigenvalue weighted by molar-refractivity contribution is 9.10. The highest BCUT2D eigenvalue weighted by Gasteiger charge is 2.19. The molecule has 0 saturated carbocycles. The fourth-order valence-corrected chi connectivity index (χ4v) is 2.36. The van der Waals surface area contributed by atoms with Crippen LogP contribution in [0.5, 0.6) is 0 Å². The minimum Gasteiger partial charge on any atom is -0.383 e. The van der Waals surface area contributed by atoms with Gasteiger partial charge in [-0.1, -0.05) is 30.3 Å². The molecule has 2 rings (SSSR count). The van der Waals surface area contributed by atoms with Crippen molar-refractivity contribution in [2.75, 3.05) is 11.1 Å². The van der Waals surface area contributed by atoms with Crippen molar-refractivity contribution >= 4 is 27.7 Å². The van der Waals surface area contributed by atoms with Gasteiger partial charge >= 0.3 is 0 Å². The molecule has 0 atom stereocenters. The molecule has 5 heteroatoms. The van der Waals surface area contributed by atoms with Gasteiger partial charge in [0.2, 0.25) is 5.95 Å². The maximum absolute atomic E-state index is 5.72. The van der Waals surface area contributed by atoms with Gasteiger partial charge in [0.1, 0.15) is 10.4 Å². The van der Waals surface area contributed by atoms with Crippen molar-refractivity contribution in [3.8, 4) is 0 Å². The van der Waals surface area contributed by atoms with Crippen LogP contribution < -0.4 is 11.1 Å². The summed E-state index contributed by atoms with van der Waals surface area (Å²) in [6, 6.07) is 12.1. The van der Waals surface area contributed by atoms with Crippen LogP contribution in [0, 0.1) is 0 Å². The van der Waals surface area contributed by atoms with Gasteiger partial charge in [-0.25, -0.2) is 4.98 Å². The molecular weight excluding hydrogens is 316 g/mol. The Bertz CT molecular complexity index is 549. The lowest BCUT2D eigenvalue weighted by Gasteiger charge is -2.26. The first-order valence-corrected chi connectivity index (χ1v) is 7.36. The second-order valence-electron chi connectivity index (χ2n) is 5.43. The molecule has 0 aliphatic heterocycles. The monoisotopic (exact) mass is 334 g/mol. The first-order valence-electron chi connectivity index (χ1n) is 6.57. The van der Waals surface area contributed by atoms with Crippen LogP contribution in [-0.2, 0) is 6.42 Å². The topological polar surface area (TPSA) is 63.8 Å². The highest BCUT2D eigenvalue weighted by Crippen LogP contribution is 2.20. The molecule has 0 spiro atoms. The maximum atomic E-state index is 5.72. The Balaban J connectivity index is 1.99. The lowest BCUT2D eigenvalue weighted by molar-refractivity contribution is 0.514. The Morgan fingerprint density at radius 3 is 2.55 bits per heavy atom. The largest absolute Gasteiger partial charge is 0.383 e. The predicted octanol–water partition coefficient (Wildman–Crippen LogP) is 3.64. The van der Waals surface area contributed by atoms with Crippen LogP contribution in [0.15, 0.2) is 41.0 Å². The molecule has 0 saturated heterocycles. The second-order valence-corrected chi connectivity index (χ2v) is 6.25. The fraction of sp³-hybridized carbons (Fsp3) is 0.333. The van der Waals surface area contributed by atoms with Crippen LogP contribution in [0.25, 0.3) is 0 Å². The number of rotatable bonds is 5. The number of nitrogens with one attached hydrogen (secondary N) is 1. The minimum atomic E-state index is -0.108. The summed E-state index contributed by atoms with van der Waals surface area (Å²) in [7, 11) is 0. The van der Waals surface area contributed by atoms with Gasteiger partial charge in [-0.3, -0.25) is 0 Å². The third-order valence-electron chi connectivity index (χ3n) is 3.05. The summed E-state index contributed by atoms with van der Waals surface area (Å²) >= 11 is 3.33. The number of halogens is 1. The molecular formula is C15H19BrN4. The van der Waals surface area contributed by atoms with E-state index in [0.29, 0.717) is 16.4 Å². The van der Waals surface area contributed by atoms with E-state index < -0.39 is 0 Å². The summed E-state index contributed by atoms with van der Waals surface area (Å²) in [5.41, 5.74) is 6.94. The van der Waals surface area contributed by atoms with Crippen LogP contribution in [0.1, 0.15) is 25.8 Å². The highest BCUT2D eigenvalue weighted by atomic mass is 79.9. The number of nitrogens with two attached hydrogens (primary N) is 1. The predicted molar refractivity (Wildman–Crippen MR) is 86.6 cm³/mol. The van der Waals surface area contributed by atoms with E-state index in [2.05, 4.69) is 69.3 Å². The second kappa shape index (κ2) is 6.22. The van der Waals surface area contributed by atoms with Crippen LogP contribution in [0.4, 0.5) is 11.8 Å². The summed E-state index contributed by atoms with van der Waals surface area (Å²) in [5.74, 6) is 1.00. The van der Waals surface area contributed by atoms with E-state index in [9.17, 15) is 0 Å². The average Bonchev–Trinajstić information content (AvgIpc) is 2.36. The van der Waals surface area contributed by atoms with Crippen molar-refractivity contribution < 1.29 is 0 Å². The molecule has 0 radical (unpaired) electrons. The normalized spacial score (nSPS) is 11.3. The molecule has 0 fully saturated rings. The van der Waals surface area contributed by atoms with Crippen molar-refractivity contribution in [2.24, 2.45) is 0 Å². The lowest BCUT2D eigenvalue weighted by Crippen LogP contribution is -2.32. The average molecular weight is 335 g/mol. The quantitative estimate of drug-likeness (QED) is 0.819. The molecule has 2 aromatic rings. The zero-order chi connectivity index (χ0) is 14.6. The number of aryl methyl sites for hydroxylation is 1. The van der Waals surface area contributed by atoms with Crippen molar-refractivity contribution in [3.05, 3.63) is 46.6 Å². The van der Waals surface area contributed by atoms with E-state index in [1.54, 1.807) is 6.07 Å². The van der Waals surface area contributed by atoms with E-state index in [1.165, 1.54) is 5.56 Å². The number of anilines is 2. The zero-order valence-electron chi connectivity index (χ0n) is 11.7. The van der Waals surface area contributed by atoms with Crippen molar-refractivity contribution in [3.63, 3.8) is 0 Å². The van der Waals surface area contributed by atoms with Gasteiger partial charge in [0, 0.05) is 11.6 Å². The molecule has 1 heterocycles. The van der Waals surface area contributed by atoms with Crippen molar-refractivity contribution in [2.45, 2.75) is 32.2 Å². The van der Waals surface area contributed by atoms with E-state index in [1.807, 2.05) is 6.07 Å². The molecule has 4 nitrogen and oxygen atoms in total. The molecule has 3 N–H and O–H groups in total.